The van der Waals surface area contributed by atoms with Gasteiger partial charge in [0.15, 0.2) is 0 Å². The highest BCUT2D eigenvalue weighted by atomic mass is 16.5. The molecule has 166 valence electrons. The predicted molar refractivity (Wildman–Crippen MR) is 122 cm³/mol. The first-order valence-corrected chi connectivity index (χ1v) is 10.7. The predicted octanol–water partition coefficient (Wildman–Crippen LogP) is 2.89. The lowest BCUT2D eigenvalue weighted by molar-refractivity contribution is -0.123. The Hall–Kier alpha value is -3.58. The summed E-state index contributed by atoms with van der Waals surface area (Å²) in [6.07, 6.45) is 8.50. The molecule has 7 nitrogen and oxygen atoms in total. The van der Waals surface area contributed by atoms with Crippen molar-refractivity contribution in [2.45, 2.75) is 25.8 Å². The molecule has 2 N–H and O–H groups in total. The number of amides is 1. The van der Waals surface area contributed by atoms with E-state index in [1.807, 2.05) is 24.3 Å². The molecule has 7 heteroatoms. The lowest BCUT2D eigenvalue weighted by Crippen LogP contribution is -2.39. The Labute approximate surface area is 188 Å². The second-order valence-corrected chi connectivity index (χ2v) is 7.24. The third kappa shape index (κ3) is 6.99. The Bertz CT molecular complexity index is 979. The van der Waals surface area contributed by atoms with Crippen LogP contribution in [0, 0.1) is 0 Å². The van der Waals surface area contributed by atoms with Gasteiger partial charge in [0.1, 0.15) is 6.04 Å². The Morgan fingerprint density at radius 2 is 1.66 bits per heavy atom. The first kappa shape index (κ1) is 23.1. The average Bonchev–Trinajstić information content (AvgIpc) is 2.83. The highest BCUT2D eigenvalue weighted by molar-refractivity contribution is 5.90. The largest absolute Gasteiger partial charge is 0.462 e. The Morgan fingerprint density at radius 1 is 0.906 bits per heavy atom. The first-order valence-electron chi connectivity index (χ1n) is 10.7. The third-order valence-electron chi connectivity index (χ3n) is 4.96. The van der Waals surface area contributed by atoms with Crippen LogP contribution in [0.4, 0.5) is 0 Å². The van der Waals surface area contributed by atoms with Crippen molar-refractivity contribution in [3.05, 3.63) is 95.6 Å². The number of hydrogen-bond donors (Lipinski definition) is 2. The number of rotatable bonds is 11. The van der Waals surface area contributed by atoms with Gasteiger partial charge in [-0.05, 0) is 66.8 Å². The van der Waals surface area contributed by atoms with Crippen molar-refractivity contribution in [2.75, 3.05) is 19.7 Å². The molecule has 0 aliphatic carbocycles. The van der Waals surface area contributed by atoms with Gasteiger partial charge >= 0.3 is 5.97 Å². The van der Waals surface area contributed by atoms with Gasteiger partial charge in [0, 0.05) is 37.9 Å². The van der Waals surface area contributed by atoms with E-state index in [2.05, 4.69) is 20.6 Å². The number of nitrogens with zero attached hydrogens (tertiary/aromatic N) is 2. The van der Waals surface area contributed by atoms with Crippen LogP contribution in [0.3, 0.4) is 0 Å². The molecule has 3 aromatic rings. The maximum Gasteiger partial charge on any atom is 0.338 e. The number of carbonyl (C=O) groups excluding carboxylic acids is 2. The van der Waals surface area contributed by atoms with Crippen LogP contribution in [0.15, 0.2) is 73.3 Å². The lowest BCUT2D eigenvalue weighted by atomic mass is 10.0. The van der Waals surface area contributed by atoms with Crippen LogP contribution in [0.5, 0.6) is 0 Å². The molecule has 1 atom stereocenters. The van der Waals surface area contributed by atoms with Crippen molar-refractivity contribution in [1.29, 1.82) is 0 Å². The number of benzene rings is 1. The van der Waals surface area contributed by atoms with E-state index in [0.717, 1.165) is 23.1 Å². The molecule has 1 aromatic carbocycles. The summed E-state index contributed by atoms with van der Waals surface area (Å²) in [4.78, 5) is 33.1. The van der Waals surface area contributed by atoms with E-state index in [1.54, 1.807) is 56.0 Å². The quantitative estimate of drug-likeness (QED) is 0.453. The van der Waals surface area contributed by atoms with Crippen molar-refractivity contribution < 1.29 is 14.3 Å². The minimum atomic E-state index is -0.540. The fourth-order valence-electron chi connectivity index (χ4n) is 3.28. The van der Waals surface area contributed by atoms with Gasteiger partial charge in [0.05, 0.1) is 12.2 Å². The molecule has 1 amide bonds. The zero-order valence-corrected chi connectivity index (χ0v) is 18.2. The number of nitrogens with one attached hydrogen (secondary N) is 2. The van der Waals surface area contributed by atoms with Crippen LogP contribution in [-0.2, 0) is 22.4 Å². The summed E-state index contributed by atoms with van der Waals surface area (Å²) in [6.45, 7) is 3.21. The van der Waals surface area contributed by atoms with Crippen LogP contribution < -0.4 is 10.6 Å². The molecule has 0 saturated carbocycles. The lowest BCUT2D eigenvalue weighted by Gasteiger charge is -2.19. The summed E-state index contributed by atoms with van der Waals surface area (Å²) in [5, 5.41) is 6.35. The third-order valence-corrected chi connectivity index (χ3v) is 4.96. The Balaban J connectivity index is 1.65. The summed E-state index contributed by atoms with van der Waals surface area (Å²) < 4.78 is 5.04. The molecule has 1 unspecified atom stereocenters. The van der Waals surface area contributed by atoms with Crippen molar-refractivity contribution in [2.24, 2.45) is 0 Å². The van der Waals surface area contributed by atoms with Gasteiger partial charge in [-0.1, -0.05) is 18.2 Å². The van der Waals surface area contributed by atoms with Gasteiger partial charge in [-0.25, -0.2) is 4.79 Å². The highest BCUT2D eigenvalue weighted by Gasteiger charge is 2.20. The van der Waals surface area contributed by atoms with Crippen molar-refractivity contribution in [3.8, 4) is 0 Å². The summed E-state index contributed by atoms with van der Waals surface area (Å²) in [5.74, 6) is -0.491. The van der Waals surface area contributed by atoms with Gasteiger partial charge in [-0.15, -0.1) is 0 Å². The fraction of sp³-hybridized carbons (Fsp3) is 0.280. The van der Waals surface area contributed by atoms with E-state index in [4.69, 9.17) is 4.74 Å². The zero-order chi connectivity index (χ0) is 22.6. The van der Waals surface area contributed by atoms with Crippen molar-refractivity contribution in [3.63, 3.8) is 0 Å². The van der Waals surface area contributed by atoms with Crippen LogP contribution in [-0.4, -0.2) is 41.5 Å². The van der Waals surface area contributed by atoms with Crippen LogP contribution in [0.2, 0.25) is 0 Å². The summed E-state index contributed by atoms with van der Waals surface area (Å²) in [5.41, 5.74) is 3.45. The molecule has 3 rings (SSSR count). The minimum Gasteiger partial charge on any atom is -0.462 e. The molecular formula is C25H28N4O3. The van der Waals surface area contributed by atoms with E-state index in [9.17, 15) is 9.59 Å². The smallest absolute Gasteiger partial charge is 0.338 e. The molecular weight excluding hydrogens is 404 g/mol. The number of ether oxygens (including phenoxy) is 1. The van der Waals surface area contributed by atoms with E-state index >= 15 is 0 Å². The average molecular weight is 433 g/mol. The fourth-order valence-corrected chi connectivity index (χ4v) is 3.28. The number of pyridine rings is 2. The standard InChI is InChI=1S/C25H28N4O3/c1-2-32-25(31)22-7-5-21(6-8-22)23(28-16-11-19-9-14-26-15-10-19)24(30)29-17-12-20-4-3-13-27-18-20/h3-10,13-15,18,23,28H,2,11-12,16-17H2,1H3,(H,29,30). The van der Waals surface area contributed by atoms with Crippen molar-refractivity contribution in [1.82, 2.24) is 20.6 Å². The number of aromatic nitrogens is 2. The molecule has 0 saturated heterocycles. The van der Waals surface area contributed by atoms with E-state index in [1.165, 1.54) is 0 Å². The van der Waals surface area contributed by atoms with E-state index in [0.29, 0.717) is 31.7 Å². The van der Waals surface area contributed by atoms with Crippen LogP contribution >= 0.6 is 0 Å². The SMILES string of the molecule is CCOC(=O)c1ccc(C(NCCc2ccncc2)C(=O)NCCc2cccnc2)cc1. The Kier molecular flexibility index (Phi) is 8.89. The summed E-state index contributed by atoms with van der Waals surface area (Å²) in [7, 11) is 0. The summed E-state index contributed by atoms with van der Waals surface area (Å²) >= 11 is 0. The maximum absolute atomic E-state index is 13.0. The number of hydrogen-bond acceptors (Lipinski definition) is 6. The second-order valence-electron chi connectivity index (χ2n) is 7.24. The molecule has 2 aromatic heterocycles. The van der Waals surface area contributed by atoms with E-state index in [-0.39, 0.29) is 11.9 Å². The van der Waals surface area contributed by atoms with Crippen LogP contribution in [0.25, 0.3) is 0 Å². The molecule has 0 bridgehead atoms. The summed E-state index contributed by atoms with van der Waals surface area (Å²) in [6, 6.07) is 14.2. The molecule has 0 spiro atoms. The van der Waals surface area contributed by atoms with Gasteiger partial charge in [-0.3, -0.25) is 14.8 Å². The van der Waals surface area contributed by atoms with Gasteiger partial charge in [-0.2, -0.15) is 0 Å². The molecule has 0 radical (unpaired) electrons. The Morgan fingerprint density at radius 3 is 2.34 bits per heavy atom. The molecule has 0 aliphatic rings. The monoisotopic (exact) mass is 432 g/mol. The normalized spacial score (nSPS) is 11.5. The molecule has 2 heterocycles. The van der Waals surface area contributed by atoms with Gasteiger partial charge in [0.25, 0.3) is 0 Å². The molecule has 0 aliphatic heterocycles. The number of carbonyl (C=O) groups is 2. The molecule has 0 fully saturated rings. The topological polar surface area (TPSA) is 93.2 Å². The zero-order valence-electron chi connectivity index (χ0n) is 18.2. The molecule has 32 heavy (non-hydrogen) atoms. The maximum atomic E-state index is 13.0. The first-order chi connectivity index (χ1) is 15.7. The van der Waals surface area contributed by atoms with E-state index < -0.39 is 6.04 Å². The van der Waals surface area contributed by atoms with Crippen LogP contribution in [0.1, 0.15) is 40.0 Å². The van der Waals surface area contributed by atoms with Gasteiger partial charge < -0.3 is 15.4 Å². The minimum absolute atomic E-state index is 0.118. The number of esters is 1. The second kappa shape index (κ2) is 12.3. The highest BCUT2D eigenvalue weighted by Crippen LogP contribution is 2.16. The van der Waals surface area contributed by atoms with Gasteiger partial charge in [0.2, 0.25) is 5.91 Å². The van der Waals surface area contributed by atoms with Crippen molar-refractivity contribution >= 4 is 11.9 Å².